The van der Waals surface area contributed by atoms with Gasteiger partial charge in [-0.3, -0.25) is 0 Å². The minimum atomic E-state index is -0.0804. The fourth-order valence-electron chi connectivity index (χ4n) is 6.64. The van der Waals surface area contributed by atoms with Gasteiger partial charge in [0.2, 0.25) is 5.88 Å². The van der Waals surface area contributed by atoms with E-state index in [0.717, 1.165) is 22.5 Å². The van der Waals surface area contributed by atoms with Gasteiger partial charge in [0.05, 0.1) is 17.9 Å². The molecule has 0 fully saturated rings. The molecule has 1 aliphatic carbocycles. The number of nitrogens with zero attached hydrogens (tertiary/aromatic N) is 3. The maximum absolute atomic E-state index is 10.3. The Bertz CT molecular complexity index is 2070. The first kappa shape index (κ1) is 28.1. The van der Waals surface area contributed by atoms with Gasteiger partial charge in [0.15, 0.2) is 0 Å². The second-order valence-electron chi connectivity index (χ2n) is 11.2. The molecular formula is C38H28N3O2Pt-. The molecule has 2 atom stereocenters. The molecule has 1 aromatic heterocycles. The van der Waals surface area contributed by atoms with Crippen LogP contribution >= 0.6 is 0 Å². The van der Waals surface area contributed by atoms with Crippen LogP contribution in [0, 0.1) is 19.9 Å². The number of fused-ring (bicyclic) bond motifs is 7. The number of aromatic hydroxyl groups is 1. The van der Waals surface area contributed by atoms with Crippen molar-refractivity contribution in [3.63, 3.8) is 0 Å². The summed E-state index contributed by atoms with van der Waals surface area (Å²) in [6, 6.07) is 42.1. The first-order valence-electron chi connectivity index (χ1n) is 14.5. The molecule has 8 rings (SSSR count). The van der Waals surface area contributed by atoms with Crippen LogP contribution in [0.15, 0.2) is 120 Å². The normalized spacial score (nSPS) is 16.4. The van der Waals surface area contributed by atoms with Gasteiger partial charge >= 0.3 is 0 Å². The molecule has 2 heterocycles. The molecule has 0 spiro atoms. The molecule has 0 radical (unpaired) electrons. The molecule has 0 unspecified atom stereocenters. The third-order valence-electron chi connectivity index (χ3n) is 8.49. The number of aromatic nitrogens is 1. The van der Waals surface area contributed by atoms with Gasteiger partial charge in [-0.15, -0.1) is 23.8 Å². The molecule has 0 bridgehead atoms. The van der Waals surface area contributed by atoms with Crippen LogP contribution in [0.2, 0.25) is 0 Å². The van der Waals surface area contributed by atoms with Crippen LogP contribution in [-0.4, -0.2) is 15.9 Å². The summed E-state index contributed by atoms with van der Waals surface area (Å²) in [6.45, 7) is 4.33. The Labute approximate surface area is 270 Å². The summed E-state index contributed by atoms with van der Waals surface area (Å²) in [6.07, 6.45) is 0. The van der Waals surface area contributed by atoms with Crippen LogP contribution in [0.25, 0.3) is 22.0 Å². The molecular weight excluding hydrogens is 726 g/mol. The molecule has 6 aromatic rings. The van der Waals surface area contributed by atoms with Crippen molar-refractivity contribution in [3.8, 4) is 28.5 Å². The molecule has 5 nitrogen and oxygen atoms in total. The summed E-state index contributed by atoms with van der Waals surface area (Å²) >= 11 is 0. The molecule has 6 heteroatoms. The van der Waals surface area contributed by atoms with Gasteiger partial charge in [-0.25, -0.2) is 4.98 Å². The van der Waals surface area contributed by atoms with E-state index in [1.54, 1.807) is 18.2 Å². The second-order valence-corrected chi connectivity index (χ2v) is 11.2. The second kappa shape index (κ2) is 11.1. The number of phenolic OH excluding ortho intramolecular Hbond substituents is 1. The van der Waals surface area contributed by atoms with E-state index in [0.29, 0.717) is 17.1 Å². The number of hydrogen-bond acceptors (Lipinski definition) is 5. The van der Waals surface area contributed by atoms with E-state index in [2.05, 4.69) is 96.5 Å². The smallest absolute Gasteiger partial charge is 0.217 e. The Balaban J connectivity index is 0.00000312. The van der Waals surface area contributed by atoms with Crippen LogP contribution in [0.1, 0.15) is 39.9 Å². The topological polar surface area (TPSA) is 58.0 Å². The third-order valence-corrected chi connectivity index (χ3v) is 8.49. The fourth-order valence-corrected chi connectivity index (χ4v) is 6.64. The quantitative estimate of drug-likeness (QED) is 0.183. The number of para-hydroxylation sites is 2. The van der Waals surface area contributed by atoms with Crippen molar-refractivity contribution in [2.75, 3.05) is 4.90 Å². The summed E-state index contributed by atoms with van der Waals surface area (Å²) < 4.78 is 6.21. The zero-order valence-electron chi connectivity index (χ0n) is 24.1. The summed E-state index contributed by atoms with van der Waals surface area (Å²) in [7, 11) is 0. The van der Waals surface area contributed by atoms with E-state index in [9.17, 15) is 5.11 Å². The van der Waals surface area contributed by atoms with Gasteiger partial charge in [-0.1, -0.05) is 84.9 Å². The number of aryl methyl sites for hydroxylation is 2. The molecule has 0 saturated carbocycles. The first-order valence-corrected chi connectivity index (χ1v) is 14.5. The predicted octanol–water partition coefficient (Wildman–Crippen LogP) is 8.88. The Morgan fingerprint density at radius 2 is 1.41 bits per heavy atom. The van der Waals surface area contributed by atoms with Gasteiger partial charge in [0, 0.05) is 44.0 Å². The van der Waals surface area contributed by atoms with Crippen molar-refractivity contribution in [2.24, 2.45) is 4.99 Å². The van der Waals surface area contributed by atoms with Crippen molar-refractivity contribution >= 4 is 22.4 Å². The van der Waals surface area contributed by atoms with Crippen LogP contribution < -0.4 is 9.64 Å². The maximum Gasteiger partial charge on any atom is 0.217 e. The number of hydrogen-bond donors (Lipinski definition) is 1. The molecule has 218 valence electrons. The maximum atomic E-state index is 10.3. The van der Waals surface area contributed by atoms with E-state index in [1.165, 1.54) is 33.4 Å². The van der Waals surface area contributed by atoms with Crippen molar-refractivity contribution in [3.05, 3.63) is 149 Å². The number of anilines is 1. The van der Waals surface area contributed by atoms with E-state index in [4.69, 9.17) is 9.73 Å². The van der Waals surface area contributed by atoms with Crippen LogP contribution in [0.4, 0.5) is 5.69 Å². The number of phenols is 1. The monoisotopic (exact) mass is 753 g/mol. The van der Waals surface area contributed by atoms with E-state index in [-0.39, 0.29) is 38.9 Å². The fraction of sp³-hybridized carbons (Fsp3) is 0.105. The molecule has 0 amide bonds. The van der Waals surface area contributed by atoms with Crippen molar-refractivity contribution in [2.45, 2.75) is 25.9 Å². The number of amidine groups is 1. The van der Waals surface area contributed by atoms with Crippen LogP contribution in [0.3, 0.4) is 0 Å². The van der Waals surface area contributed by atoms with E-state index < -0.39 is 0 Å². The summed E-state index contributed by atoms with van der Waals surface area (Å²) in [4.78, 5) is 12.4. The van der Waals surface area contributed by atoms with Gasteiger partial charge in [-0.05, 0) is 59.4 Å². The van der Waals surface area contributed by atoms with Gasteiger partial charge < -0.3 is 19.7 Å². The van der Waals surface area contributed by atoms with Gasteiger partial charge in [0.1, 0.15) is 11.3 Å². The Morgan fingerprint density at radius 3 is 2.20 bits per heavy atom. The Morgan fingerprint density at radius 1 is 0.727 bits per heavy atom. The van der Waals surface area contributed by atoms with Gasteiger partial charge in [0.25, 0.3) is 0 Å². The molecule has 5 aromatic carbocycles. The number of aliphatic imine (C=N–C) groups is 1. The summed E-state index contributed by atoms with van der Waals surface area (Å²) in [5.74, 6) is 1.89. The minimum absolute atomic E-state index is 0. The largest absolute Gasteiger partial charge is 0.506 e. The van der Waals surface area contributed by atoms with E-state index in [1.807, 2.05) is 30.3 Å². The predicted molar refractivity (Wildman–Crippen MR) is 171 cm³/mol. The average molecular weight is 754 g/mol. The molecule has 1 aliphatic heterocycles. The number of pyridine rings is 1. The number of ether oxygens (including phenoxy) is 1. The molecule has 44 heavy (non-hydrogen) atoms. The zero-order chi connectivity index (χ0) is 29.1. The first-order chi connectivity index (χ1) is 21.1. The average Bonchev–Trinajstić information content (AvgIpc) is 3.42. The molecule has 2 aliphatic rings. The van der Waals surface area contributed by atoms with Crippen molar-refractivity contribution < 1.29 is 30.9 Å². The van der Waals surface area contributed by atoms with E-state index >= 15 is 0 Å². The van der Waals surface area contributed by atoms with Crippen LogP contribution in [-0.2, 0) is 21.1 Å². The van der Waals surface area contributed by atoms with Crippen molar-refractivity contribution in [1.29, 1.82) is 0 Å². The summed E-state index contributed by atoms with van der Waals surface area (Å²) in [5.41, 5.74) is 9.86. The zero-order valence-corrected chi connectivity index (χ0v) is 26.4. The number of benzene rings is 5. The van der Waals surface area contributed by atoms with Gasteiger partial charge in [-0.2, -0.15) is 0 Å². The minimum Gasteiger partial charge on any atom is -0.506 e. The van der Waals surface area contributed by atoms with Crippen LogP contribution in [0.5, 0.6) is 17.4 Å². The SMILES string of the molecule is Cc1cccc(C)c1N1C(c2[c-]c(Oc3ccc4cccc(O)c4n3)ccc2)=N[C@H]2c3ccccc3-c3ccccc3[C@@H]21.[Pt]. The summed E-state index contributed by atoms with van der Waals surface area (Å²) in [5, 5.41) is 11.2. The van der Waals surface area contributed by atoms with Crippen molar-refractivity contribution in [1.82, 2.24) is 4.98 Å². The Hall–Kier alpha value is -4.73. The molecule has 0 saturated heterocycles. The molecule has 1 N–H and O–H groups in total. The number of rotatable bonds is 4. The standard InChI is InChI=1S/C38H28N3O2.Pt/c1-23-10-7-11-24(2)36(23)41-37-31-18-6-4-16-29(31)28-15-3-5-17-30(28)35(37)40-38(41)26-13-8-14-27(22-26)43-33-21-20-25-12-9-19-32(42)34(25)39-33;/h3-21,35,37,42H,1-2H3;/q-1;/t35-,37-;/m0./s1. The Kier molecular flexibility index (Phi) is 7.07. The third kappa shape index (κ3) is 4.51.